The molecule has 0 aliphatic heterocycles. The molecule has 0 aromatic carbocycles. The summed E-state index contributed by atoms with van der Waals surface area (Å²) in [7, 11) is 7.89. The van der Waals surface area contributed by atoms with E-state index in [1.165, 1.54) is 12.4 Å². The zero-order valence-corrected chi connectivity index (χ0v) is 16.1. The summed E-state index contributed by atoms with van der Waals surface area (Å²) in [6.45, 7) is 5.37. The molecule has 0 amide bonds. The second kappa shape index (κ2) is 9.30. The summed E-state index contributed by atoms with van der Waals surface area (Å²) in [5.41, 5.74) is 0.985. The molecule has 0 spiro atoms. The third kappa shape index (κ3) is 6.45. The van der Waals surface area contributed by atoms with E-state index >= 15 is 0 Å². The molecule has 0 bridgehead atoms. The monoisotopic (exact) mass is 362 g/mol. The van der Waals surface area contributed by atoms with Crippen molar-refractivity contribution in [1.29, 1.82) is 0 Å². The summed E-state index contributed by atoms with van der Waals surface area (Å²) in [5, 5.41) is 15.7. The predicted molar refractivity (Wildman–Crippen MR) is 95.9 cm³/mol. The fraction of sp³-hybridized carbons (Fsp3) is 0.625. The Morgan fingerprint density at radius 1 is 0.769 bits per heavy atom. The fourth-order valence-corrected chi connectivity index (χ4v) is 2.38. The molecule has 10 heteroatoms. The third-order valence-corrected chi connectivity index (χ3v) is 3.20. The molecule has 2 atom stereocenters. The van der Waals surface area contributed by atoms with Gasteiger partial charge in [0.25, 0.3) is 0 Å². The molecule has 10 nitrogen and oxygen atoms in total. The summed E-state index contributed by atoms with van der Waals surface area (Å²) in [6.07, 6.45) is 2.86. The van der Waals surface area contributed by atoms with E-state index in [2.05, 4.69) is 30.4 Å². The number of likely N-dealkylation sites (N-methyl/N-ethyl adjacent to an activating group) is 2. The van der Waals surface area contributed by atoms with Gasteiger partial charge in [0.15, 0.2) is 0 Å². The summed E-state index contributed by atoms with van der Waals surface area (Å²) < 4.78 is 11.4. The Labute approximate surface area is 153 Å². The van der Waals surface area contributed by atoms with E-state index < -0.39 is 0 Å². The van der Waals surface area contributed by atoms with Gasteiger partial charge in [0.2, 0.25) is 0 Å². The van der Waals surface area contributed by atoms with E-state index in [0.717, 1.165) is 13.1 Å². The molecule has 2 rings (SSSR count). The first kappa shape index (κ1) is 19.9. The van der Waals surface area contributed by atoms with Crippen LogP contribution in [0.1, 0.15) is 13.8 Å². The normalized spacial score (nSPS) is 13.7. The van der Waals surface area contributed by atoms with E-state index in [-0.39, 0.29) is 24.2 Å². The van der Waals surface area contributed by atoms with Crippen molar-refractivity contribution in [2.24, 2.45) is 0 Å². The molecule has 2 heterocycles. The molecule has 0 aliphatic rings. The van der Waals surface area contributed by atoms with Crippen LogP contribution in [0.5, 0.6) is 12.0 Å². The minimum atomic E-state index is -0.0728. The molecule has 2 unspecified atom stereocenters. The van der Waals surface area contributed by atoms with Gasteiger partial charge in [-0.05, 0) is 42.0 Å². The predicted octanol–water partition coefficient (Wildman–Crippen LogP) is 0.381. The van der Waals surface area contributed by atoms with Crippen molar-refractivity contribution >= 4 is 0 Å². The van der Waals surface area contributed by atoms with E-state index in [1.54, 1.807) is 0 Å². The average molecular weight is 362 g/mol. The number of hydrogen-bond acceptors (Lipinski definition) is 10. The van der Waals surface area contributed by atoms with Gasteiger partial charge in [0.1, 0.15) is 23.6 Å². The zero-order valence-electron chi connectivity index (χ0n) is 16.1. The number of ether oxygens (including phenoxy) is 2. The van der Waals surface area contributed by atoms with Crippen molar-refractivity contribution in [2.45, 2.75) is 26.1 Å². The van der Waals surface area contributed by atoms with Crippen LogP contribution in [0.25, 0.3) is 11.4 Å². The Morgan fingerprint density at radius 2 is 1.15 bits per heavy atom. The van der Waals surface area contributed by atoms with Gasteiger partial charge < -0.3 is 19.3 Å². The largest absolute Gasteiger partial charge is 0.458 e. The quantitative estimate of drug-likeness (QED) is 0.622. The van der Waals surface area contributed by atoms with Crippen molar-refractivity contribution in [1.82, 2.24) is 40.2 Å². The molecule has 2 aromatic rings. The van der Waals surface area contributed by atoms with Crippen LogP contribution in [0.15, 0.2) is 12.4 Å². The molecule has 0 aliphatic carbocycles. The summed E-state index contributed by atoms with van der Waals surface area (Å²) in [4.78, 5) is 12.7. The molecule has 2 aromatic heterocycles. The number of hydrogen-bond donors (Lipinski definition) is 0. The number of rotatable bonds is 9. The Balaban J connectivity index is 2.11. The average Bonchev–Trinajstić information content (AvgIpc) is 2.53. The van der Waals surface area contributed by atoms with Gasteiger partial charge in [-0.3, -0.25) is 0 Å². The first-order valence-electron chi connectivity index (χ1n) is 8.36. The van der Waals surface area contributed by atoms with Crippen molar-refractivity contribution in [3.8, 4) is 23.4 Å². The first-order chi connectivity index (χ1) is 12.3. The van der Waals surface area contributed by atoms with E-state index in [0.29, 0.717) is 11.4 Å². The molecule has 0 radical (unpaired) electrons. The van der Waals surface area contributed by atoms with E-state index in [1.807, 2.05) is 51.8 Å². The van der Waals surface area contributed by atoms with Crippen molar-refractivity contribution in [3.63, 3.8) is 0 Å². The summed E-state index contributed by atoms with van der Waals surface area (Å²) >= 11 is 0. The Hall–Kier alpha value is -2.46. The lowest BCUT2D eigenvalue weighted by Gasteiger charge is -2.17. The van der Waals surface area contributed by atoms with Crippen LogP contribution < -0.4 is 9.47 Å². The summed E-state index contributed by atoms with van der Waals surface area (Å²) in [6, 6.07) is 0.387. The molecule has 0 saturated heterocycles. The fourth-order valence-electron chi connectivity index (χ4n) is 2.38. The van der Waals surface area contributed by atoms with E-state index in [4.69, 9.17) is 9.47 Å². The van der Waals surface area contributed by atoms with Crippen LogP contribution in [0.2, 0.25) is 0 Å². The standard InChI is InChI=1S/C16H26N8O2/c1-11(9-23(3)4)25-15-19-13(7-17-21-15)14-8-18-22-16(20-14)26-12(2)10-24(5)6/h7-8,11-12H,9-10H2,1-6H3. The minimum absolute atomic E-state index is 0.0728. The van der Waals surface area contributed by atoms with Gasteiger partial charge in [0, 0.05) is 13.1 Å². The minimum Gasteiger partial charge on any atom is -0.458 e. The maximum atomic E-state index is 5.70. The van der Waals surface area contributed by atoms with Crippen LogP contribution in [0.4, 0.5) is 0 Å². The second-order valence-corrected chi connectivity index (χ2v) is 6.63. The van der Waals surface area contributed by atoms with Gasteiger partial charge in [-0.25, -0.2) is 0 Å². The molecule has 142 valence electrons. The zero-order chi connectivity index (χ0) is 19.1. The van der Waals surface area contributed by atoms with E-state index in [9.17, 15) is 0 Å². The van der Waals surface area contributed by atoms with Gasteiger partial charge >= 0.3 is 12.0 Å². The molecule has 0 saturated carbocycles. The van der Waals surface area contributed by atoms with Crippen LogP contribution in [0.3, 0.4) is 0 Å². The van der Waals surface area contributed by atoms with Crippen LogP contribution in [-0.2, 0) is 0 Å². The smallest absolute Gasteiger partial charge is 0.336 e. The maximum absolute atomic E-state index is 5.70. The van der Waals surface area contributed by atoms with Gasteiger partial charge in [-0.15, -0.1) is 0 Å². The molecular formula is C16H26N8O2. The highest BCUT2D eigenvalue weighted by Crippen LogP contribution is 2.16. The first-order valence-corrected chi connectivity index (χ1v) is 8.36. The highest BCUT2D eigenvalue weighted by Gasteiger charge is 2.13. The molecule has 0 N–H and O–H groups in total. The van der Waals surface area contributed by atoms with Gasteiger partial charge in [-0.2, -0.15) is 20.2 Å². The van der Waals surface area contributed by atoms with Crippen LogP contribution >= 0.6 is 0 Å². The highest BCUT2D eigenvalue weighted by molar-refractivity contribution is 5.51. The van der Waals surface area contributed by atoms with Crippen LogP contribution in [-0.4, -0.2) is 93.7 Å². The topological polar surface area (TPSA) is 102 Å². The third-order valence-electron chi connectivity index (χ3n) is 3.20. The lowest BCUT2D eigenvalue weighted by molar-refractivity contribution is 0.161. The van der Waals surface area contributed by atoms with Crippen molar-refractivity contribution in [2.75, 3.05) is 41.3 Å². The maximum Gasteiger partial charge on any atom is 0.336 e. The van der Waals surface area contributed by atoms with Crippen LogP contribution in [0, 0.1) is 0 Å². The lowest BCUT2D eigenvalue weighted by atomic mass is 10.3. The Bertz CT molecular complexity index is 638. The SMILES string of the molecule is CC(CN(C)C)Oc1nncc(-c2cnnc(OC(C)CN(C)C)n2)n1. The lowest BCUT2D eigenvalue weighted by Crippen LogP contribution is -2.28. The van der Waals surface area contributed by atoms with Crippen molar-refractivity contribution < 1.29 is 9.47 Å². The second-order valence-electron chi connectivity index (χ2n) is 6.63. The van der Waals surface area contributed by atoms with Gasteiger partial charge in [-0.1, -0.05) is 10.2 Å². The number of aromatic nitrogens is 6. The Kier molecular flexibility index (Phi) is 7.10. The molecular weight excluding hydrogens is 336 g/mol. The van der Waals surface area contributed by atoms with Crippen molar-refractivity contribution in [3.05, 3.63) is 12.4 Å². The highest BCUT2D eigenvalue weighted by atomic mass is 16.5. The molecule has 26 heavy (non-hydrogen) atoms. The Morgan fingerprint density at radius 3 is 1.50 bits per heavy atom. The summed E-state index contributed by atoms with van der Waals surface area (Å²) in [5.74, 6) is 0. The molecule has 0 fully saturated rings. The van der Waals surface area contributed by atoms with Gasteiger partial charge in [0.05, 0.1) is 12.4 Å². The number of nitrogens with zero attached hydrogens (tertiary/aromatic N) is 8.